The van der Waals surface area contributed by atoms with Gasteiger partial charge in [-0.05, 0) is 18.9 Å². The molecule has 126 valence electrons. The summed E-state index contributed by atoms with van der Waals surface area (Å²) in [7, 11) is 0. The molecule has 24 heavy (non-hydrogen) atoms. The first-order valence-electron chi connectivity index (χ1n) is 7.54. The number of rotatable bonds is 2. The molecule has 0 aliphatic carbocycles. The van der Waals surface area contributed by atoms with Crippen molar-refractivity contribution in [2.75, 3.05) is 18.0 Å². The van der Waals surface area contributed by atoms with Crippen LogP contribution in [0.2, 0.25) is 0 Å². The van der Waals surface area contributed by atoms with Gasteiger partial charge in [0.15, 0.2) is 11.5 Å². The van der Waals surface area contributed by atoms with Crippen molar-refractivity contribution in [3.63, 3.8) is 0 Å². The summed E-state index contributed by atoms with van der Waals surface area (Å²) >= 11 is 0. The lowest BCUT2D eigenvalue weighted by atomic mass is 10.1. The number of nitrogens with zero attached hydrogens (tertiary/aromatic N) is 7. The number of halogens is 3. The van der Waals surface area contributed by atoms with E-state index in [9.17, 15) is 13.2 Å². The first-order chi connectivity index (χ1) is 11.5. The van der Waals surface area contributed by atoms with Crippen LogP contribution in [0.1, 0.15) is 24.6 Å². The fourth-order valence-corrected chi connectivity index (χ4v) is 3.02. The lowest BCUT2D eigenvalue weighted by Crippen LogP contribution is -2.37. The maximum absolute atomic E-state index is 12.7. The molecule has 1 aliphatic rings. The van der Waals surface area contributed by atoms with E-state index in [1.807, 2.05) is 4.90 Å². The van der Waals surface area contributed by atoms with Gasteiger partial charge in [-0.1, -0.05) is 0 Å². The van der Waals surface area contributed by atoms with Crippen molar-refractivity contribution in [1.82, 2.24) is 29.4 Å². The van der Waals surface area contributed by atoms with Crippen LogP contribution in [-0.4, -0.2) is 42.5 Å². The molecule has 1 fully saturated rings. The molecular formula is C14H14F3N7. The van der Waals surface area contributed by atoms with Gasteiger partial charge in [-0.2, -0.15) is 18.3 Å². The third kappa shape index (κ3) is 2.57. The highest BCUT2D eigenvalue weighted by atomic mass is 19.4. The van der Waals surface area contributed by atoms with Crippen LogP contribution in [0.25, 0.3) is 5.65 Å². The maximum Gasteiger partial charge on any atom is 0.435 e. The fraction of sp³-hybridized carbons (Fsp3) is 0.429. The second-order valence-electron chi connectivity index (χ2n) is 5.73. The Morgan fingerprint density at radius 1 is 1.21 bits per heavy atom. The summed E-state index contributed by atoms with van der Waals surface area (Å²) in [4.78, 5) is 6.39. The van der Waals surface area contributed by atoms with Crippen molar-refractivity contribution in [1.29, 1.82) is 0 Å². The highest BCUT2D eigenvalue weighted by Crippen LogP contribution is 2.30. The molecule has 0 amide bonds. The van der Waals surface area contributed by atoms with E-state index in [0.717, 1.165) is 25.5 Å². The zero-order valence-corrected chi connectivity index (χ0v) is 12.6. The highest BCUT2D eigenvalue weighted by Gasteiger charge is 2.34. The lowest BCUT2D eigenvalue weighted by molar-refractivity contribution is -0.141. The Balaban J connectivity index is 1.60. The lowest BCUT2D eigenvalue weighted by Gasteiger charge is -2.33. The number of hydrogen-bond acceptors (Lipinski definition) is 5. The van der Waals surface area contributed by atoms with E-state index in [-0.39, 0.29) is 6.04 Å². The number of piperidine rings is 1. The number of anilines is 1. The quantitative estimate of drug-likeness (QED) is 0.717. The molecule has 0 N–H and O–H groups in total. The Kier molecular flexibility index (Phi) is 3.39. The molecule has 1 aliphatic heterocycles. The molecule has 0 spiro atoms. The van der Waals surface area contributed by atoms with Gasteiger partial charge in [0.2, 0.25) is 5.65 Å². The Labute approximate surface area is 134 Å². The van der Waals surface area contributed by atoms with Crippen LogP contribution in [0.3, 0.4) is 0 Å². The van der Waals surface area contributed by atoms with Gasteiger partial charge in [-0.15, -0.1) is 10.2 Å². The van der Waals surface area contributed by atoms with Crippen LogP contribution < -0.4 is 4.90 Å². The van der Waals surface area contributed by atoms with E-state index in [0.29, 0.717) is 18.0 Å². The van der Waals surface area contributed by atoms with E-state index in [1.165, 1.54) is 10.9 Å². The molecule has 0 bridgehead atoms. The Morgan fingerprint density at radius 3 is 2.88 bits per heavy atom. The van der Waals surface area contributed by atoms with E-state index in [1.54, 1.807) is 23.1 Å². The van der Waals surface area contributed by atoms with Gasteiger partial charge in [-0.25, -0.2) is 4.98 Å². The van der Waals surface area contributed by atoms with E-state index >= 15 is 0 Å². The predicted octanol–water partition coefficient (Wildman–Crippen LogP) is 2.18. The van der Waals surface area contributed by atoms with Gasteiger partial charge in [-0.3, -0.25) is 9.08 Å². The minimum absolute atomic E-state index is 0.139. The summed E-state index contributed by atoms with van der Waals surface area (Å²) in [6.07, 6.45) is 3.57. The van der Waals surface area contributed by atoms with Gasteiger partial charge in [0, 0.05) is 31.7 Å². The molecule has 4 heterocycles. The van der Waals surface area contributed by atoms with Crippen LogP contribution in [0.15, 0.2) is 31.0 Å². The van der Waals surface area contributed by atoms with Gasteiger partial charge in [0.05, 0.1) is 6.04 Å². The molecule has 3 aromatic heterocycles. The minimum Gasteiger partial charge on any atom is -0.351 e. The largest absolute Gasteiger partial charge is 0.435 e. The van der Waals surface area contributed by atoms with Crippen molar-refractivity contribution in [3.05, 3.63) is 36.7 Å². The van der Waals surface area contributed by atoms with Crippen LogP contribution in [0.5, 0.6) is 0 Å². The molecule has 10 heteroatoms. The van der Waals surface area contributed by atoms with Crippen molar-refractivity contribution in [2.45, 2.75) is 25.1 Å². The highest BCUT2D eigenvalue weighted by molar-refractivity contribution is 5.63. The number of alkyl halides is 3. The SMILES string of the molecule is FC(F)(F)c1ccn(C2CCCN(c3nccn4cnnc34)C2)n1. The summed E-state index contributed by atoms with van der Waals surface area (Å²) in [5, 5.41) is 11.6. The summed E-state index contributed by atoms with van der Waals surface area (Å²) < 4.78 is 41.4. The monoisotopic (exact) mass is 337 g/mol. The molecule has 4 rings (SSSR count). The average molecular weight is 337 g/mol. The standard InChI is InChI=1S/C14H14F3N7/c15-14(16,17)11-3-6-24(21-11)10-2-1-5-22(8-10)12-13-20-19-9-23(13)7-4-18-12/h3-4,6-7,9-10H,1-2,5,8H2. The minimum atomic E-state index is -4.42. The molecule has 1 saturated heterocycles. The van der Waals surface area contributed by atoms with Gasteiger partial charge < -0.3 is 4.90 Å². The van der Waals surface area contributed by atoms with Crippen molar-refractivity contribution < 1.29 is 13.2 Å². The molecular weight excluding hydrogens is 323 g/mol. The predicted molar refractivity (Wildman–Crippen MR) is 78.5 cm³/mol. The molecule has 7 nitrogen and oxygen atoms in total. The fourth-order valence-electron chi connectivity index (χ4n) is 3.02. The van der Waals surface area contributed by atoms with Crippen LogP contribution in [0, 0.1) is 0 Å². The normalized spacial score (nSPS) is 19.1. The third-order valence-electron chi connectivity index (χ3n) is 4.17. The topological polar surface area (TPSA) is 64.1 Å². The van der Waals surface area contributed by atoms with Gasteiger partial charge in [0.25, 0.3) is 0 Å². The summed E-state index contributed by atoms with van der Waals surface area (Å²) in [5.74, 6) is 0.683. The zero-order valence-electron chi connectivity index (χ0n) is 12.6. The smallest absolute Gasteiger partial charge is 0.351 e. The molecule has 0 saturated carbocycles. The van der Waals surface area contributed by atoms with Crippen LogP contribution in [-0.2, 0) is 6.18 Å². The van der Waals surface area contributed by atoms with Crippen LogP contribution in [0.4, 0.5) is 19.0 Å². The summed E-state index contributed by atoms with van der Waals surface area (Å²) in [6.45, 7) is 1.29. The Morgan fingerprint density at radius 2 is 2.08 bits per heavy atom. The first-order valence-corrected chi connectivity index (χ1v) is 7.54. The van der Waals surface area contributed by atoms with E-state index < -0.39 is 11.9 Å². The Hall–Kier alpha value is -2.65. The second kappa shape index (κ2) is 5.46. The van der Waals surface area contributed by atoms with E-state index in [4.69, 9.17) is 0 Å². The average Bonchev–Trinajstić information content (AvgIpc) is 3.23. The Bertz CT molecular complexity index is 853. The summed E-state index contributed by atoms with van der Waals surface area (Å²) in [5.41, 5.74) is -0.230. The maximum atomic E-state index is 12.7. The van der Waals surface area contributed by atoms with Crippen molar-refractivity contribution >= 4 is 11.5 Å². The van der Waals surface area contributed by atoms with Gasteiger partial charge >= 0.3 is 6.18 Å². The number of hydrogen-bond donors (Lipinski definition) is 0. The van der Waals surface area contributed by atoms with E-state index in [2.05, 4.69) is 20.3 Å². The molecule has 0 radical (unpaired) electrons. The van der Waals surface area contributed by atoms with Crippen molar-refractivity contribution in [3.8, 4) is 0 Å². The molecule has 1 unspecified atom stereocenters. The molecule has 3 aromatic rings. The molecule has 1 atom stereocenters. The van der Waals surface area contributed by atoms with Crippen LogP contribution >= 0.6 is 0 Å². The van der Waals surface area contributed by atoms with Crippen molar-refractivity contribution in [2.24, 2.45) is 0 Å². The summed E-state index contributed by atoms with van der Waals surface area (Å²) in [6, 6.07) is 0.871. The number of aromatic nitrogens is 6. The number of fused-ring (bicyclic) bond motifs is 1. The zero-order chi connectivity index (χ0) is 16.7. The molecule has 0 aromatic carbocycles. The second-order valence-corrected chi connectivity index (χ2v) is 5.73. The van der Waals surface area contributed by atoms with Gasteiger partial charge in [0.1, 0.15) is 6.33 Å². The third-order valence-corrected chi connectivity index (χ3v) is 4.17. The first kappa shape index (κ1) is 14.9.